The fourth-order valence-corrected chi connectivity index (χ4v) is 3.49. The monoisotopic (exact) mass is 368 g/mol. The first kappa shape index (κ1) is 21.2. The Labute approximate surface area is 147 Å². The van der Waals surface area contributed by atoms with Crippen LogP contribution in [0.5, 0.6) is 0 Å². The van der Waals surface area contributed by atoms with E-state index in [1.165, 1.54) is 0 Å². The van der Waals surface area contributed by atoms with E-state index in [2.05, 4.69) is 5.32 Å². The Balaban J connectivity index is 0.00000288. The van der Waals surface area contributed by atoms with Crippen LogP contribution in [0.2, 0.25) is 0 Å². The van der Waals surface area contributed by atoms with Crippen LogP contribution < -0.4 is 5.32 Å². The van der Waals surface area contributed by atoms with Crippen molar-refractivity contribution in [3.05, 3.63) is 35.1 Å². The lowest BCUT2D eigenvalue weighted by Gasteiger charge is -2.39. The first-order valence-electron chi connectivity index (χ1n) is 8.16. The number of hydrogen-bond donors (Lipinski definition) is 1. The van der Waals surface area contributed by atoms with Gasteiger partial charge in [0.05, 0.1) is 5.56 Å². The van der Waals surface area contributed by atoms with Crippen LogP contribution in [0.4, 0.5) is 17.6 Å². The van der Waals surface area contributed by atoms with Crippen LogP contribution in [0.1, 0.15) is 43.9 Å². The molecule has 1 aromatic carbocycles. The molecule has 24 heavy (non-hydrogen) atoms. The second-order valence-electron chi connectivity index (χ2n) is 6.20. The summed E-state index contributed by atoms with van der Waals surface area (Å²) in [5.41, 5.74) is -1.04. The maximum Gasteiger partial charge on any atom is 0.416 e. The SMILES string of the molecule is CCCC(C)[C@@H](c1c(F)cccc1C(F)(F)F)N1CCNCC1.Cl. The molecule has 1 aliphatic heterocycles. The van der Waals surface area contributed by atoms with E-state index in [1.807, 2.05) is 18.7 Å². The Bertz CT molecular complexity index is 516. The average Bonchev–Trinajstić information content (AvgIpc) is 2.49. The molecule has 0 radical (unpaired) electrons. The summed E-state index contributed by atoms with van der Waals surface area (Å²) in [6.45, 7) is 6.60. The highest BCUT2D eigenvalue weighted by molar-refractivity contribution is 5.85. The van der Waals surface area contributed by atoms with Gasteiger partial charge in [0.25, 0.3) is 0 Å². The predicted molar refractivity (Wildman–Crippen MR) is 89.9 cm³/mol. The third-order valence-corrected chi connectivity index (χ3v) is 4.48. The molecule has 0 amide bonds. The first-order chi connectivity index (χ1) is 10.9. The number of piperazine rings is 1. The fourth-order valence-electron chi connectivity index (χ4n) is 3.49. The third-order valence-electron chi connectivity index (χ3n) is 4.48. The van der Waals surface area contributed by atoms with Gasteiger partial charge in [0, 0.05) is 37.8 Å². The van der Waals surface area contributed by atoms with Gasteiger partial charge in [-0.2, -0.15) is 13.2 Å². The minimum absolute atomic E-state index is 0. The molecule has 0 bridgehead atoms. The Morgan fingerprint density at radius 2 is 1.83 bits per heavy atom. The fraction of sp³-hybridized carbons (Fsp3) is 0.647. The Kier molecular flexibility index (Phi) is 7.96. The Morgan fingerprint density at radius 3 is 2.38 bits per heavy atom. The second-order valence-corrected chi connectivity index (χ2v) is 6.20. The van der Waals surface area contributed by atoms with Crippen molar-refractivity contribution < 1.29 is 17.6 Å². The Hall–Kier alpha value is -0.850. The molecule has 0 aromatic heterocycles. The number of benzene rings is 1. The van der Waals surface area contributed by atoms with Crippen LogP contribution in [-0.2, 0) is 6.18 Å². The van der Waals surface area contributed by atoms with Crippen molar-refractivity contribution in [2.45, 2.75) is 38.9 Å². The smallest absolute Gasteiger partial charge is 0.314 e. The molecule has 1 aliphatic rings. The highest BCUT2D eigenvalue weighted by Crippen LogP contribution is 2.41. The summed E-state index contributed by atoms with van der Waals surface area (Å²) in [7, 11) is 0. The molecule has 2 nitrogen and oxygen atoms in total. The van der Waals surface area contributed by atoms with Gasteiger partial charge in [0.2, 0.25) is 0 Å². The molecule has 1 aromatic rings. The van der Waals surface area contributed by atoms with Crippen molar-refractivity contribution in [1.82, 2.24) is 10.2 Å². The molecule has 7 heteroatoms. The van der Waals surface area contributed by atoms with E-state index in [0.717, 1.165) is 31.0 Å². The first-order valence-corrected chi connectivity index (χ1v) is 8.16. The van der Waals surface area contributed by atoms with Crippen LogP contribution in [0.3, 0.4) is 0 Å². The van der Waals surface area contributed by atoms with Gasteiger partial charge in [-0.3, -0.25) is 4.90 Å². The van der Waals surface area contributed by atoms with Gasteiger partial charge in [0.1, 0.15) is 5.82 Å². The van der Waals surface area contributed by atoms with Gasteiger partial charge >= 0.3 is 6.18 Å². The van der Waals surface area contributed by atoms with E-state index < -0.39 is 23.6 Å². The van der Waals surface area contributed by atoms with Gasteiger partial charge in [0.15, 0.2) is 0 Å². The van der Waals surface area contributed by atoms with Crippen LogP contribution in [0.15, 0.2) is 18.2 Å². The molecule has 1 N–H and O–H groups in total. The van der Waals surface area contributed by atoms with Gasteiger partial charge in [-0.05, 0) is 24.5 Å². The molecule has 1 heterocycles. The van der Waals surface area contributed by atoms with Crippen molar-refractivity contribution in [2.24, 2.45) is 5.92 Å². The largest absolute Gasteiger partial charge is 0.416 e. The second kappa shape index (κ2) is 9.02. The number of alkyl halides is 3. The number of nitrogens with zero attached hydrogens (tertiary/aromatic N) is 1. The standard InChI is InChI=1S/C17H24F4N2.ClH/c1-3-5-12(2)16(23-10-8-22-9-11-23)15-13(17(19,20)21)6-4-7-14(15)18;/h4,6-7,12,16,22H,3,5,8-11H2,1-2H3;1H/t12?,16-;/m0./s1. The van der Waals surface area contributed by atoms with E-state index in [1.54, 1.807) is 0 Å². The molecular weight excluding hydrogens is 344 g/mol. The molecular formula is C17H25ClF4N2. The lowest BCUT2D eigenvalue weighted by molar-refractivity contribution is -0.139. The van der Waals surface area contributed by atoms with Gasteiger partial charge in [-0.25, -0.2) is 4.39 Å². The van der Waals surface area contributed by atoms with Crippen molar-refractivity contribution >= 4 is 12.4 Å². The van der Waals surface area contributed by atoms with Crippen LogP contribution in [0, 0.1) is 11.7 Å². The third kappa shape index (κ3) is 4.83. The van der Waals surface area contributed by atoms with E-state index in [0.29, 0.717) is 26.2 Å². The summed E-state index contributed by atoms with van der Waals surface area (Å²) in [4.78, 5) is 1.99. The minimum Gasteiger partial charge on any atom is -0.314 e. The molecule has 1 unspecified atom stereocenters. The highest BCUT2D eigenvalue weighted by Gasteiger charge is 2.39. The normalized spacial score (nSPS) is 18.8. The summed E-state index contributed by atoms with van der Waals surface area (Å²) >= 11 is 0. The van der Waals surface area contributed by atoms with Crippen molar-refractivity contribution in [3.63, 3.8) is 0 Å². The average molecular weight is 369 g/mol. The zero-order valence-corrected chi connectivity index (χ0v) is 14.8. The lowest BCUT2D eigenvalue weighted by atomic mass is 9.86. The summed E-state index contributed by atoms with van der Waals surface area (Å²) in [5.74, 6) is -0.803. The molecule has 1 saturated heterocycles. The molecule has 0 saturated carbocycles. The van der Waals surface area contributed by atoms with E-state index >= 15 is 0 Å². The van der Waals surface area contributed by atoms with Crippen LogP contribution in [0.25, 0.3) is 0 Å². The summed E-state index contributed by atoms with van der Waals surface area (Å²) < 4.78 is 54.7. The van der Waals surface area contributed by atoms with Crippen molar-refractivity contribution in [2.75, 3.05) is 26.2 Å². The van der Waals surface area contributed by atoms with E-state index in [-0.39, 0.29) is 23.9 Å². The molecule has 1 fully saturated rings. The topological polar surface area (TPSA) is 15.3 Å². The number of rotatable bonds is 5. The maximum atomic E-state index is 14.4. The van der Waals surface area contributed by atoms with Crippen molar-refractivity contribution in [3.8, 4) is 0 Å². The maximum absolute atomic E-state index is 14.4. The minimum atomic E-state index is -4.55. The number of nitrogens with one attached hydrogen (secondary N) is 1. The lowest BCUT2D eigenvalue weighted by Crippen LogP contribution is -2.47. The number of halogens is 5. The van der Waals surface area contributed by atoms with Crippen LogP contribution in [-0.4, -0.2) is 31.1 Å². The summed E-state index contributed by atoms with van der Waals surface area (Å²) in [6.07, 6.45) is -2.92. The quantitative estimate of drug-likeness (QED) is 0.761. The summed E-state index contributed by atoms with van der Waals surface area (Å²) in [6, 6.07) is 2.72. The van der Waals surface area contributed by atoms with Gasteiger partial charge < -0.3 is 5.32 Å². The van der Waals surface area contributed by atoms with Gasteiger partial charge in [-0.15, -0.1) is 12.4 Å². The molecule has 138 valence electrons. The predicted octanol–water partition coefficient (Wildman–Crippen LogP) is 4.65. The zero-order chi connectivity index (χ0) is 17.0. The molecule has 0 spiro atoms. The Morgan fingerprint density at radius 1 is 1.21 bits per heavy atom. The summed E-state index contributed by atoms with van der Waals surface area (Å²) in [5, 5.41) is 3.19. The highest BCUT2D eigenvalue weighted by atomic mass is 35.5. The zero-order valence-electron chi connectivity index (χ0n) is 14.0. The van der Waals surface area contributed by atoms with Gasteiger partial charge in [-0.1, -0.05) is 26.3 Å². The van der Waals surface area contributed by atoms with E-state index in [9.17, 15) is 17.6 Å². The molecule has 2 atom stereocenters. The van der Waals surface area contributed by atoms with Crippen LogP contribution >= 0.6 is 12.4 Å². The number of hydrogen-bond acceptors (Lipinski definition) is 2. The molecule has 2 rings (SSSR count). The van der Waals surface area contributed by atoms with Crippen molar-refractivity contribution in [1.29, 1.82) is 0 Å². The van der Waals surface area contributed by atoms with E-state index in [4.69, 9.17) is 0 Å². The molecule has 0 aliphatic carbocycles.